The molecule has 3 aliphatic rings. The second kappa shape index (κ2) is 7.78. The Balaban J connectivity index is 1.32. The highest BCUT2D eigenvalue weighted by atomic mass is 16.5. The van der Waals surface area contributed by atoms with Crippen LogP contribution in [0.5, 0.6) is 5.75 Å². The van der Waals surface area contributed by atoms with Crippen LogP contribution in [-0.2, 0) is 31.2 Å². The van der Waals surface area contributed by atoms with Crippen molar-refractivity contribution in [1.29, 1.82) is 0 Å². The molecule has 3 heterocycles. The van der Waals surface area contributed by atoms with E-state index in [2.05, 4.69) is 10.4 Å². The molecular weight excluding hydrogens is 380 g/mol. The normalized spacial score (nSPS) is 21.0. The minimum Gasteiger partial charge on any atom is -0.492 e. The van der Waals surface area contributed by atoms with Crippen LogP contribution in [0.25, 0.3) is 0 Å². The summed E-state index contributed by atoms with van der Waals surface area (Å²) in [5, 5.41) is 7.65. The summed E-state index contributed by atoms with van der Waals surface area (Å²) in [6, 6.07) is 8.15. The molecule has 0 spiro atoms. The first-order valence-electron chi connectivity index (χ1n) is 10.9. The first-order chi connectivity index (χ1) is 14.6. The highest BCUT2D eigenvalue weighted by Gasteiger charge is 2.34. The number of fused-ring (bicyclic) bond motifs is 2. The van der Waals surface area contributed by atoms with Gasteiger partial charge >= 0.3 is 0 Å². The zero-order chi connectivity index (χ0) is 20.7. The molecule has 2 amide bonds. The highest BCUT2D eigenvalue weighted by Crippen LogP contribution is 2.30. The summed E-state index contributed by atoms with van der Waals surface area (Å²) in [6.45, 7) is 1.49. The van der Waals surface area contributed by atoms with E-state index in [1.165, 1.54) is 12.8 Å². The van der Waals surface area contributed by atoms with Crippen molar-refractivity contribution < 1.29 is 14.3 Å². The molecule has 0 unspecified atom stereocenters. The topological polar surface area (TPSA) is 76.5 Å². The van der Waals surface area contributed by atoms with Gasteiger partial charge in [0.2, 0.25) is 5.91 Å². The SMILES string of the molecule is Cn1nc(C(=O)NC2CCCC2)c2c1CCN(C(=O)[C@@H]1COc3ccccc3C1)C2. The number of rotatable bonds is 3. The molecular formula is C23H28N4O3. The van der Waals surface area contributed by atoms with E-state index < -0.39 is 0 Å². The molecule has 1 aliphatic carbocycles. The fraction of sp³-hybridized carbons (Fsp3) is 0.522. The van der Waals surface area contributed by atoms with E-state index in [0.29, 0.717) is 38.2 Å². The van der Waals surface area contributed by atoms with Gasteiger partial charge in [0.1, 0.15) is 12.4 Å². The molecule has 30 heavy (non-hydrogen) atoms. The van der Waals surface area contributed by atoms with E-state index in [0.717, 1.165) is 35.4 Å². The molecule has 0 bridgehead atoms. The average Bonchev–Trinajstić information content (AvgIpc) is 3.40. The molecule has 2 aromatic rings. The molecule has 5 rings (SSSR count). The lowest BCUT2D eigenvalue weighted by Gasteiger charge is -2.33. The van der Waals surface area contributed by atoms with Gasteiger partial charge in [-0.25, -0.2) is 0 Å². The fourth-order valence-electron chi connectivity index (χ4n) is 5.03. The summed E-state index contributed by atoms with van der Waals surface area (Å²) in [7, 11) is 1.88. The Kier molecular flexibility index (Phi) is 4.97. The number of nitrogens with one attached hydrogen (secondary N) is 1. The maximum Gasteiger partial charge on any atom is 0.272 e. The molecule has 7 heteroatoms. The first kappa shape index (κ1) is 19.2. The van der Waals surface area contributed by atoms with E-state index >= 15 is 0 Å². The molecule has 1 aromatic heterocycles. The summed E-state index contributed by atoms with van der Waals surface area (Å²) in [6.07, 6.45) is 5.81. The molecule has 1 aromatic carbocycles. The zero-order valence-corrected chi connectivity index (χ0v) is 17.4. The van der Waals surface area contributed by atoms with Gasteiger partial charge in [0.05, 0.1) is 5.92 Å². The maximum atomic E-state index is 13.3. The Hall–Kier alpha value is -2.83. The Morgan fingerprint density at radius 2 is 2.00 bits per heavy atom. The Morgan fingerprint density at radius 1 is 1.20 bits per heavy atom. The maximum absolute atomic E-state index is 13.3. The Labute approximate surface area is 176 Å². The van der Waals surface area contributed by atoms with Gasteiger partial charge in [-0.05, 0) is 30.9 Å². The van der Waals surface area contributed by atoms with E-state index in [9.17, 15) is 9.59 Å². The van der Waals surface area contributed by atoms with Crippen LogP contribution < -0.4 is 10.1 Å². The molecule has 1 N–H and O–H groups in total. The molecule has 1 fully saturated rings. The predicted molar refractivity (Wildman–Crippen MR) is 111 cm³/mol. The van der Waals surface area contributed by atoms with Crippen molar-refractivity contribution >= 4 is 11.8 Å². The van der Waals surface area contributed by atoms with Gasteiger partial charge in [-0.2, -0.15) is 5.10 Å². The lowest BCUT2D eigenvalue weighted by Crippen LogP contribution is -2.43. The van der Waals surface area contributed by atoms with Crippen molar-refractivity contribution in [2.75, 3.05) is 13.2 Å². The van der Waals surface area contributed by atoms with Gasteiger partial charge in [0.15, 0.2) is 5.69 Å². The van der Waals surface area contributed by atoms with Gasteiger partial charge in [-0.3, -0.25) is 14.3 Å². The van der Waals surface area contributed by atoms with E-state index in [1.54, 1.807) is 4.68 Å². The van der Waals surface area contributed by atoms with Crippen LogP contribution in [-0.4, -0.2) is 45.7 Å². The summed E-state index contributed by atoms with van der Waals surface area (Å²) in [5.41, 5.74) is 3.51. The molecule has 1 atom stereocenters. The van der Waals surface area contributed by atoms with Gasteiger partial charge in [0, 0.05) is 43.9 Å². The van der Waals surface area contributed by atoms with Crippen LogP contribution in [0.1, 0.15) is 53.0 Å². The number of carbonyl (C=O) groups is 2. The lowest BCUT2D eigenvalue weighted by atomic mass is 9.94. The number of ether oxygens (including phenoxy) is 1. The molecule has 1 saturated carbocycles. The quantitative estimate of drug-likeness (QED) is 0.845. The van der Waals surface area contributed by atoms with E-state index in [4.69, 9.17) is 4.74 Å². The van der Waals surface area contributed by atoms with Crippen molar-refractivity contribution in [3.05, 3.63) is 46.8 Å². The summed E-state index contributed by atoms with van der Waals surface area (Å²) < 4.78 is 7.64. The number of para-hydroxylation sites is 1. The number of benzene rings is 1. The Morgan fingerprint density at radius 3 is 2.83 bits per heavy atom. The molecule has 0 radical (unpaired) electrons. The van der Waals surface area contributed by atoms with Crippen molar-refractivity contribution in [3.8, 4) is 5.75 Å². The van der Waals surface area contributed by atoms with E-state index in [-0.39, 0.29) is 23.8 Å². The number of nitrogens with zero attached hydrogens (tertiary/aromatic N) is 3. The highest BCUT2D eigenvalue weighted by molar-refractivity contribution is 5.94. The van der Waals surface area contributed by atoms with Crippen molar-refractivity contribution in [1.82, 2.24) is 20.0 Å². The zero-order valence-electron chi connectivity index (χ0n) is 17.4. The van der Waals surface area contributed by atoms with Crippen LogP contribution in [0.2, 0.25) is 0 Å². The molecule has 7 nitrogen and oxygen atoms in total. The van der Waals surface area contributed by atoms with Crippen molar-refractivity contribution in [2.45, 2.75) is 51.1 Å². The molecule has 158 valence electrons. The first-order valence-corrected chi connectivity index (χ1v) is 10.9. The smallest absolute Gasteiger partial charge is 0.272 e. The largest absolute Gasteiger partial charge is 0.492 e. The monoisotopic (exact) mass is 408 g/mol. The molecule has 2 aliphatic heterocycles. The van der Waals surface area contributed by atoms with Crippen molar-refractivity contribution in [2.24, 2.45) is 13.0 Å². The van der Waals surface area contributed by atoms with Crippen LogP contribution in [0, 0.1) is 5.92 Å². The minimum absolute atomic E-state index is 0.0983. The second-order valence-corrected chi connectivity index (χ2v) is 8.68. The van der Waals surface area contributed by atoms with Gasteiger partial charge in [-0.1, -0.05) is 31.0 Å². The number of hydrogen-bond donors (Lipinski definition) is 1. The fourth-order valence-corrected chi connectivity index (χ4v) is 5.03. The van der Waals surface area contributed by atoms with Crippen LogP contribution >= 0.6 is 0 Å². The standard InChI is InChI=1S/C23H28N4O3/c1-26-19-10-11-27(23(29)16-12-15-6-2-5-9-20(15)30-14-16)13-18(19)21(25-26)22(28)24-17-7-3-4-8-17/h2,5-6,9,16-17H,3-4,7-8,10-14H2,1H3,(H,24,28)/t16-/m0/s1. The summed E-state index contributed by atoms with van der Waals surface area (Å²) in [5.74, 6) is 0.679. The predicted octanol–water partition coefficient (Wildman–Crippen LogP) is 2.23. The third-order valence-corrected chi connectivity index (χ3v) is 6.69. The average molecular weight is 409 g/mol. The third kappa shape index (κ3) is 3.46. The van der Waals surface area contributed by atoms with Gasteiger partial charge < -0.3 is 15.0 Å². The third-order valence-electron chi connectivity index (χ3n) is 6.69. The number of carbonyl (C=O) groups excluding carboxylic acids is 2. The van der Waals surface area contributed by atoms with Crippen LogP contribution in [0.4, 0.5) is 0 Å². The van der Waals surface area contributed by atoms with Crippen LogP contribution in [0.15, 0.2) is 24.3 Å². The van der Waals surface area contributed by atoms with E-state index in [1.807, 2.05) is 36.2 Å². The van der Waals surface area contributed by atoms with Crippen molar-refractivity contribution in [3.63, 3.8) is 0 Å². The lowest BCUT2D eigenvalue weighted by molar-refractivity contribution is -0.137. The van der Waals surface area contributed by atoms with Gasteiger partial charge in [-0.15, -0.1) is 0 Å². The summed E-state index contributed by atoms with van der Waals surface area (Å²) >= 11 is 0. The number of aromatic nitrogens is 2. The number of amides is 2. The van der Waals surface area contributed by atoms with Crippen LogP contribution in [0.3, 0.4) is 0 Å². The van der Waals surface area contributed by atoms with Gasteiger partial charge in [0.25, 0.3) is 5.91 Å². The Bertz CT molecular complexity index is 977. The number of aryl methyl sites for hydroxylation is 1. The number of hydrogen-bond acceptors (Lipinski definition) is 4. The summed E-state index contributed by atoms with van der Waals surface area (Å²) in [4.78, 5) is 28.0. The molecule has 0 saturated heterocycles. The second-order valence-electron chi connectivity index (χ2n) is 8.68. The minimum atomic E-state index is -0.186.